The largest absolute Gasteiger partial charge is 0.312 e. The summed E-state index contributed by atoms with van der Waals surface area (Å²) in [5.74, 6) is 0.0577. The Kier molecular flexibility index (Phi) is 9.06. The molecule has 0 aromatic carbocycles. The third-order valence-corrected chi connectivity index (χ3v) is 2.63. The van der Waals surface area contributed by atoms with Crippen molar-refractivity contribution in [1.82, 2.24) is 10.6 Å². The molecule has 2 N–H and O–H groups in total. The van der Waals surface area contributed by atoms with E-state index in [0.717, 1.165) is 5.57 Å². The number of nitrogens with one attached hydrogen (secondary N) is 2. The van der Waals surface area contributed by atoms with Crippen LogP contribution in [0.3, 0.4) is 0 Å². The Hall–Kier alpha value is -1.91. The van der Waals surface area contributed by atoms with E-state index in [4.69, 9.17) is 0 Å². The van der Waals surface area contributed by atoms with Crippen LogP contribution in [0.15, 0.2) is 28.2 Å². The lowest BCUT2D eigenvalue weighted by Crippen LogP contribution is -2.37. The summed E-state index contributed by atoms with van der Waals surface area (Å²) in [6, 6.07) is 0. The minimum Gasteiger partial charge on any atom is -0.312 e. The fourth-order valence-electron chi connectivity index (χ4n) is 1.43. The van der Waals surface area contributed by atoms with Crippen molar-refractivity contribution >= 4 is 18.0 Å². The second-order valence-corrected chi connectivity index (χ2v) is 5.99. The Morgan fingerprint density at radius 1 is 1.09 bits per heavy atom. The first-order valence-electron chi connectivity index (χ1n) is 7.73. The molecule has 0 spiro atoms. The number of carbonyl (C=O) groups is 2. The van der Waals surface area contributed by atoms with Crippen molar-refractivity contribution < 1.29 is 9.59 Å². The summed E-state index contributed by atoms with van der Waals surface area (Å²) in [5.41, 5.74) is 1.19. The summed E-state index contributed by atoms with van der Waals surface area (Å²) in [6.45, 7) is 13.2. The van der Waals surface area contributed by atoms with Crippen molar-refractivity contribution in [3.05, 3.63) is 23.2 Å². The highest BCUT2D eigenvalue weighted by atomic mass is 16.2. The lowest BCUT2D eigenvalue weighted by Gasteiger charge is -2.14. The zero-order chi connectivity index (χ0) is 17.3. The first-order valence-corrected chi connectivity index (χ1v) is 7.73. The first-order chi connectivity index (χ1) is 10.2. The van der Waals surface area contributed by atoms with Crippen LogP contribution in [-0.2, 0) is 9.59 Å². The van der Waals surface area contributed by atoms with Gasteiger partial charge in [0.1, 0.15) is 11.5 Å². The van der Waals surface area contributed by atoms with Gasteiger partial charge < -0.3 is 10.6 Å². The van der Waals surface area contributed by atoms with Crippen LogP contribution in [0.2, 0.25) is 0 Å². The van der Waals surface area contributed by atoms with E-state index in [2.05, 4.69) is 15.6 Å². The third kappa shape index (κ3) is 7.76. The Bertz CT molecular complexity index is 482. The van der Waals surface area contributed by atoms with Crippen molar-refractivity contribution in [2.75, 3.05) is 0 Å². The number of carbonyl (C=O) groups excluding carboxylic acids is 2. The molecule has 0 heterocycles. The van der Waals surface area contributed by atoms with Gasteiger partial charge in [-0.3, -0.25) is 14.6 Å². The van der Waals surface area contributed by atoms with Crippen LogP contribution < -0.4 is 10.6 Å². The molecular formula is C17H29N3O2. The fourth-order valence-corrected chi connectivity index (χ4v) is 1.43. The monoisotopic (exact) mass is 307 g/mol. The predicted molar refractivity (Wildman–Crippen MR) is 91.2 cm³/mol. The summed E-state index contributed by atoms with van der Waals surface area (Å²) in [5, 5.41) is 5.45. The van der Waals surface area contributed by atoms with E-state index in [1.54, 1.807) is 26.1 Å². The van der Waals surface area contributed by atoms with Crippen LogP contribution in [0.4, 0.5) is 0 Å². The van der Waals surface area contributed by atoms with Crippen LogP contribution in [-0.4, -0.2) is 18.0 Å². The van der Waals surface area contributed by atoms with Gasteiger partial charge >= 0.3 is 0 Å². The van der Waals surface area contributed by atoms with Gasteiger partial charge in [-0.15, -0.1) is 0 Å². The quantitative estimate of drug-likeness (QED) is 0.560. The van der Waals surface area contributed by atoms with Crippen molar-refractivity contribution in [2.45, 2.75) is 54.9 Å². The number of hydrogen-bond acceptors (Lipinski definition) is 3. The molecule has 0 unspecified atom stereocenters. The molecule has 0 saturated carbocycles. The molecule has 5 nitrogen and oxygen atoms in total. The zero-order valence-electron chi connectivity index (χ0n) is 14.8. The highest BCUT2D eigenvalue weighted by Gasteiger charge is 2.14. The van der Waals surface area contributed by atoms with E-state index >= 15 is 0 Å². The molecule has 0 aromatic heterocycles. The minimum absolute atomic E-state index is 0.135. The molecular weight excluding hydrogens is 278 g/mol. The molecule has 0 aliphatic rings. The van der Waals surface area contributed by atoms with E-state index in [1.165, 1.54) is 0 Å². The molecule has 0 atom stereocenters. The number of allylic oxidation sites excluding steroid dienone is 2. The smallest absolute Gasteiger partial charge is 0.275 e. The topological polar surface area (TPSA) is 70.6 Å². The van der Waals surface area contributed by atoms with Crippen LogP contribution >= 0.6 is 0 Å². The number of hydrogen-bond donors (Lipinski definition) is 2. The molecule has 22 heavy (non-hydrogen) atoms. The molecule has 124 valence electrons. The van der Waals surface area contributed by atoms with E-state index in [0.29, 0.717) is 17.9 Å². The number of aliphatic imine (C=N–C) groups is 1. The summed E-state index contributed by atoms with van der Waals surface area (Å²) in [6.07, 6.45) is 4.21. The van der Waals surface area contributed by atoms with Crippen molar-refractivity contribution in [3.63, 3.8) is 0 Å². The Labute approximate surface area is 134 Å². The second kappa shape index (κ2) is 9.92. The van der Waals surface area contributed by atoms with E-state index in [-0.39, 0.29) is 23.7 Å². The van der Waals surface area contributed by atoms with Gasteiger partial charge in [0.2, 0.25) is 5.91 Å². The Morgan fingerprint density at radius 2 is 1.68 bits per heavy atom. The highest BCUT2D eigenvalue weighted by Crippen LogP contribution is 2.07. The van der Waals surface area contributed by atoms with Gasteiger partial charge in [0, 0.05) is 12.1 Å². The van der Waals surface area contributed by atoms with E-state index < -0.39 is 0 Å². The number of rotatable bonds is 7. The van der Waals surface area contributed by atoms with Crippen LogP contribution in [0.5, 0.6) is 0 Å². The second-order valence-electron chi connectivity index (χ2n) is 5.99. The summed E-state index contributed by atoms with van der Waals surface area (Å²) >= 11 is 0. The molecule has 0 bridgehead atoms. The van der Waals surface area contributed by atoms with E-state index in [1.807, 2.05) is 34.6 Å². The Morgan fingerprint density at radius 3 is 2.09 bits per heavy atom. The van der Waals surface area contributed by atoms with Gasteiger partial charge in [-0.2, -0.15) is 0 Å². The molecule has 5 heteroatoms. The van der Waals surface area contributed by atoms with Gasteiger partial charge in [0.15, 0.2) is 0 Å². The molecule has 0 aliphatic heterocycles. The van der Waals surface area contributed by atoms with Crippen molar-refractivity contribution in [1.29, 1.82) is 0 Å². The van der Waals surface area contributed by atoms with Crippen LogP contribution in [0.1, 0.15) is 54.9 Å². The highest BCUT2D eigenvalue weighted by molar-refractivity contribution is 5.96. The summed E-state index contributed by atoms with van der Waals surface area (Å²) in [7, 11) is 0. The molecule has 0 aromatic rings. The molecule has 0 radical (unpaired) electrons. The maximum atomic E-state index is 12.4. The molecule has 2 amide bonds. The number of nitrogens with zero attached hydrogens (tertiary/aromatic N) is 1. The predicted octanol–water partition coefficient (Wildman–Crippen LogP) is 3.15. The summed E-state index contributed by atoms with van der Waals surface area (Å²) in [4.78, 5) is 28.4. The standard InChI is InChI=1S/C17H29N3O2/c1-8-9-14(19-16(21)13(6)7)20-17(22)15(12(4)5)18-10-11(2)3/h9-11,13H,8H2,1-7H3,(H,19,21)(H,20,22)/b14-9+,18-10?. The van der Waals surface area contributed by atoms with Gasteiger partial charge in [-0.1, -0.05) is 34.6 Å². The van der Waals surface area contributed by atoms with Crippen molar-refractivity contribution in [2.24, 2.45) is 16.8 Å². The minimum atomic E-state index is -0.319. The zero-order valence-corrected chi connectivity index (χ0v) is 14.8. The van der Waals surface area contributed by atoms with Crippen LogP contribution in [0, 0.1) is 11.8 Å². The first kappa shape index (κ1) is 20.1. The lowest BCUT2D eigenvalue weighted by atomic mass is 10.2. The normalized spacial score (nSPS) is 12.0. The van der Waals surface area contributed by atoms with Gasteiger partial charge in [-0.05, 0) is 37.8 Å². The average Bonchev–Trinajstić information content (AvgIpc) is 2.37. The average molecular weight is 307 g/mol. The van der Waals surface area contributed by atoms with E-state index in [9.17, 15) is 9.59 Å². The van der Waals surface area contributed by atoms with Gasteiger partial charge in [-0.25, -0.2) is 0 Å². The fraction of sp³-hybridized carbons (Fsp3) is 0.588. The SMILES string of the molecule is CC/C=C(/NC(=O)C(N=CC(C)C)=C(C)C)NC(=O)C(C)C. The Balaban J connectivity index is 5.13. The van der Waals surface area contributed by atoms with Gasteiger partial charge in [0.25, 0.3) is 5.91 Å². The molecule has 0 aliphatic carbocycles. The molecule has 0 fully saturated rings. The molecule has 0 rings (SSSR count). The van der Waals surface area contributed by atoms with Crippen molar-refractivity contribution in [3.8, 4) is 0 Å². The lowest BCUT2D eigenvalue weighted by molar-refractivity contribution is -0.123. The van der Waals surface area contributed by atoms with Crippen LogP contribution in [0.25, 0.3) is 0 Å². The maximum Gasteiger partial charge on any atom is 0.275 e. The maximum absolute atomic E-state index is 12.4. The molecule has 0 saturated heterocycles. The third-order valence-electron chi connectivity index (χ3n) is 2.63. The van der Waals surface area contributed by atoms with Gasteiger partial charge in [0.05, 0.1) is 0 Å². The summed E-state index contributed by atoms with van der Waals surface area (Å²) < 4.78 is 0. The number of amides is 2.